The van der Waals surface area contributed by atoms with Gasteiger partial charge < -0.3 is 15.8 Å². The van der Waals surface area contributed by atoms with Crippen molar-refractivity contribution in [3.05, 3.63) is 48.0 Å². The highest BCUT2D eigenvalue weighted by Crippen LogP contribution is 2.20. The maximum absolute atomic E-state index is 12.3. The number of rotatable bonds is 3. The van der Waals surface area contributed by atoms with E-state index in [-0.39, 0.29) is 5.91 Å². The van der Waals surface area contributed by atoms with Gasteiger partial charge in [0.2, 0.25) is 5.91 Å². The second-order valence-electron chi connectivity index (χ2n) is 5.59. The lowest BCUT2D eigenvalue weighted by molar-refractivity contribution is -0.129. The number of benzene rings is 2. The van der Waals surface area contributed by atoms with Gasteiger partial charge in [-0.25, -0.2) is 0 Å². The van der Waals surface area contributed by atoms with Crippen LogP contribution in [0, 0.1) is 0 Å². The molecule has 0 radical (unpaired) electrons. The topological polar surface area (TPSA) is 64.4 Å². The Hall–Kier alpha value is -1.91. The van der Waals surface area contributed by atoms with E-state index in [0.717, 1.165) is 5.56 Å². The van der Waals surface area contributed by atoms with E-state index in [4.69, 9.17) is 10.5 Å². The van der Waals surface area contributed by atoms with Crippen molar-refractivity contribution >= 4 is 16.7 Å². The number of hydrogen-bond donors (Lipinski definition) is 2. The Morgan fingerprint density at radius 2 is 1.86 bits per heavy atom. The average Bonchev–Trinajstić information content (AvgIpc) is 2.53. The number of carbonyl (C=O) groups excluding carboxylic acids is 1. The molecule has 2 aromatic rings. The maximum Gasteiger partial charge on any atom is 0.240 e. The summed E-state index contributed by atoms with van der Waals surface area (Å²) in [5.41, 5.74) is 6.51. The molecule has 0 aliphatic carbocycles. The van der Waals surface area contributed by atoms with E-state index >= 15 is 0 Å². The molecule has 1 fully saturated rings. The zero-order valence-corrected chi connectivity index (χ0v) is 12.0. The van der Waals surface area contributed by atoms with Gasteiger partial charge in [-0.1, -0.05) is 42.5 Å². The molecule has 0 aromatic heterocycles. The van der Waals surface area contributed by atoms with Crippen molar-refractivity contribution in [3.63, 3.8) is 0 Å². The van der Waals surface area contributed by atoms with Crippen molar-refractivity contribution in [1.82, 2.24) is 5.32 Å². The first-order valence-corrected chi connectivity index (χ1v) is 7.31. The first kappa shape index (κ1) is 14.0. The molecule has 1 saturated heterocycles. The summed E-state index contributed by atoms with van der Waals surface area (Å²) in [5.74, 6) is -0.0845. The van der Waals surface area contributed by atoms with E-state index in [0.29, 0.717) is 32.6 Å². The van der Waals surface area contributed by atoms with Crippen LogP contribution in [-0.2, 0) is 16.1 Å². The summed E-state index contributed by atoms with van der Waals surface area (Å²) in [4.78, 5) is 12.3. The summed E-state index contributed by atoms with van der Waals surface area (Å²) in [7, 11) is 0. The van der Waals surface area contributed by atoms with Gasteiger partial charge >= 0.3 is 0 Å². The third-order valence-electron chi connectivity index (χ3n) is 4.16. The van der Waals surface area contributed by atoms with E-state index in [1.165, 1.54) is 10.8 Å². The van der Waals surface area contributed by atoms with Crippen molar-refractivity contribution in [2.24, 2.45) is 5.73 Å². The molecule has 3 N–H and O–H groups in total. The second-order valence-corrected chi connectivity index (χ2v) is 5.59. The lowest BCUT2D eigenvalue weighted by atomic mass is 9.90. The van der Waals surface area contributed by atoms with Crippen molar-refractivity contribution in [2.75, 3.05) is 13.2 Å². The van der Waals surface area contributed by atoms with E-state index < -0.39 is 5.54 Å². The minimum atomic E-state index is -0.789. The third kappa shape index (κ3) is 2.91. The molecule has 4 nitrogen and oxygen atoms in total. The monoisotopic (exact) mass is 284 g/mol. The normalized spacial score (nSPS) is 17.6. The van der Waals surface area contributed by atoms with Gasteiger partial charge in [0, 0.05) is 19.8 Å². The molecule has 1 heterocycles. The molecule has 2 aromatic carbocycles. The summed E-state index contributed by atoms with van der Waals surface area (Å²) < 4.78 is 5.28. The van der Waals surface area contributed by atoms with Crippen LogP contribution in [0.4, 0.5) is 0 Å². The van der Waals surface area contributed by atoms with Gasteiger partial charge in [-0.3, -0.25) is 4.79 Å². The largest absolute Gasteiger partial charge is 0.381 e. The molecule has 1 aliphatic rings. The summed E-state index contributed by atoms with van der Waals surface area (Å²) in [6.07, 6.45) is 1.16. The first-order chi connectivity index (χ1) is 10.2. The maximum atomic E-state index is 12.3. The number of ether oxygens (including phenoxy) is 1. The van der Waals surface area contributed by atoms with Crippen molar-refractivity contribution in [3.8, 4) is 0 Å². The van der Waals surface area contributed by atoms with Gasteiger partial charge in [0.1, 0.15) is 0 Å². The SMILES string of the molecule is NC1(C(=O)NCc2cccc3ccccc23)CCOCC1. The molecule has 0 saturated carbocycles. The van der Waals surface area contributed by atoms with Crippen molar-refractivity contribution in [2.45, 2.75) is 24.9 Å². The molecule has 4 heteroatoms. The van der Waals surface area contributed by atoms with Crippen LogP contribution in [0.15, 0.2) is 42.5 Å². The van der Waals surface area contributed by atoms with Crippen molar-refractivity contribution < 1.29 is 9.53 Å². The Bertz CT molecular complexity index is 643. The molecule has 0 unspecified atom stereocenters. The van der Waals surface area contributed by atoms with Crippen LogP contribution in [0.1, 0.15) is 18.4 Å². The van der Waals surface area contributed by atoms with E-state index in [2.05, 4.69) is 23.5 Å². The van der Waals surface area contributed by atoms with Crippen LogP contribution >= 0.6 is 0 Å². The van der Waals surface area contributed by atoms with E-state index in [9.17, 15) is 4.79 Å². The van der Waals surface area contributed by atoms with Gasteiger partial charge in [0.05, 0.1) is 5.54 Å². The van der Waals surface area contributed by atoms with Crippen LogP contribution in [0.5, 0.6) is 0 Å². The molecule has 1 amide bonds. The molecule has 0 spiro atoms. The Balaban J connectivity index is 1.73. The van der Waals surface area contributed by atoms with Crippen molar-refractivity contribution in [1.29, 1.82) is 0 Å². The van der Waals surface area contributed by atoms with Crippen LogP contribution in [0.2, 0.25) is 0 Å². The lowest BCUT2D eigenvalue weighted by Gasteiger charge is -2.31. The highest BCUT2D eigenvalue weighted by molar-refractivity contribution is 5.88. The van der Waals surface area contributed by atoms with Crippen LogP contribution in [-0.4, -0.2) is 24.7 Å². The van der Waals surface area contributed by atoms with Gasteiger partial charge in [-0.2, -0.15) is 0 Å². The van der Waals surface area contributed by atoms with Crippen LogP contribution in [0.3, 0.4) is 0 Å². The number of amides is 1. The predicted octanol–water partition coefficient (Wildman–Crippen LogP) is 1.96. The smallest absolute Gasteiger partial charge is 0.240 e. The molecule has 1 aliphatic heterocycles. The zero-order chi connectivity index (χ0) is 14.7. The minimum Gasteiger partial charge on any atom is -0.381 e. The number of carbonyl (C=O) groups is 1. The Morgan fingerprint density at radius 3 is 2.67 bits per heavy atom. The Morgan fingerprint density at radius 1 is 1.14 bits per heavy atom. The fourth-order valence-electron chi connectivity index (χ4n) is 2.76. The molecular formula is C17H20N2O2. The van der Waals surface area contributed by atoms with Gasteiger partial charge in [-0.15, -0.1) is 0 Å². The number of nitrogens with two attached hydrogens (primary N) is 1. The molecular weight excluding hydrogens is 264 g/mol. The molecule has 0 atom stereocenters. The Kier molecular flexibility index (Phi) is 3.90. The summed E-state index contributed by atoms with van der Waals surface area (Å²) in [6.45, 7) is 1.61. The quantitative estimate of drug-likeness (QED) is 0.905. The van der Waals surface area contributed by atoms with Crippen LogP contribution < -0.4 is 11.1 Å². The number of fused-ring (bicyclic) bond motifs is 1. The summed E-state index contributed by atoms with van der Waals surface area (Å²) in [5, 5.41) is 5.33. The first-order valence-electron chi connectivity index (χ1n) is 7.31. The fourth-order valence-corrected chi connectivity index (χ4v) is 2.76. The standard InChI is InChI=1S/C17H20N2O2/c18-17(8-10-21-11-9-17)16(20)19-12-14-6-3-5-13-4-1-2-7-15(13)14/h1-7H,8-12,18H2,(H,19,20). The van der Waals surface area contributed by atoms with Gasteiger partial charge in [0.15, 0.2) is 0 Å². The fraction of sp³-hybridized carbons (Fsp3) is 0.353. The molecule has 3 rings (SSSR count). The van der Waals surface area contributed by atoms with E-state index in [1.807, 2.05) is 24.3 Å². The Labute approximate surface area is 124 Å². The zero-order valence-electron chi connectivity index (χ0n) is 12.0. The van der Waals surface area contributed by atoms with E-state index in [1.54, 1.807) is 0 Å². The highest BCUT2D eigenvalue weighted by atomic mass is 16.5. The molecule has 21 heavy (non-hydrogen) atoms. The average molecular weight is 284 g/mol. The van der Waals surface area contributed by atoms with Gasteiger partial charge in [-0.05, 0) is 29.2 Å². The predicted molar refractivity (Wildman–Crippen MR) is 82.8 cm³/mol. The van der Waals surface area contributed by atoms with Crippen LogP contribution in [0.25, 0.3) is 10.8 Å². The number of hydrogen-bond acceptors (Lipinski definition) is 3. The molecule has 0 bridgehead atoms. The second kappa shape index (κ2) is 5.84. The summed E-state index contributed by atoms with van der Waals surface area (Å²) in [6, 6.07) is 14.3. The third-order valence-corrected chi connectivity index (χ3v) is 4.16. The number of nitrogens with one attached hydrogen (secondary N) is 1. The highest BCUT2D eigenvalue weighted by Gasteiger charge is 2.35. The molecule has 110 valence electrons. The van der Waals surface area contributed by atoms with Gasteiger partial charge in [0.25, 0.3) is 0 Å². The lowest BCUT2D eigenvalue weighted by Crippen LogP contribution is -2.56. The summed E-state index contributed by atoms with van der Waals surface area (Å²) >= 11 is 0. The minimum absolute atomic E-state index is 0.0845.